The molecule has 0 aliphatic rings. The van der Waals surface area contributed by atoms with E-state index in [0.29, 0.717) is 18.1 Å². The average molecular weight is 301 g/mol. The van der Waals surface area contributed by atoms with Crippen LogP contribution in [-0.4, -0.2) is 36.0 Å². The van der Waals surface area contributed by atoms with Crippen molar-refractivity contribution in [2.45, 2.75) is 13.5 Å². The summed E-state index contributed by atoms with van der Waals surface area (Å²) in [5.41, 5.74) is 2.67. The molecule has 2 rings (SSSR count). The third-order valence-corrected chi connectivity index (χ3v) is 3.33. The summed E-state index contributed by atoms with van der Waals surface area (Å²) >= 11 is 0. The molecule has 0 amide bonds. The molecule has 1 aromatic heterocycles. The number of hydrogen-bond donors (Lipinski definition) is 0. The Balaban J connectivity index is 2.13. The van der Waals surface area contributed by atoms with Gasteiger partial charge in [-0.25, -0.2) is 9.97 Å². The third-order valence-electron chi connectivity index (χ3n) is 3.33. The highest BCUT2D eigenvalue weighted by atomic mass is 16.6. The Hall–Kier alpha value is -2.70. The van der Waals surface area contributed by atoms with Gasteiger partial charge in [0.1, 0.15) is 0 Å². The number of nitrogens with zero attached hydrogens (tertiary/aromatic N) is 5. The van der Waals surface area contributed by atoms with Gasteiger partial charge in [0, 0.05) is 63.0 Å². The number of nitro benzene ring substituents is 1. The minimum absolute atomic E-state index is 0.135. The molecule has 1 aromatic carbocycles. The fraction of sp³-hybridized carbons (Fsp3) is 0.333. The zero-order valence-corrected chi connectivity index (χ0v) is 13.1. The molecule has 2 aromatic rings. The Labute approximate surface area is 129 Å². The van der Waals surface area contributed by atoms with Crippen LogP contribution in [0.15, 0.2) is 30.6 Å². The molecular weight excluding hydrogens is 282 g/mol. The van der Waals surface area contributed by atoms with Crippen molar-refractivity contribution in [3.8, 4) is 0 Å². The van der Waals surface area contributed by atoms with E-state index in [4.69, 9.17) is 0 Å². The molecule has 0 spiro atoms. The summed E-state index contributed by atoms with van der Waals surface area (Å²) in [6.07, 6.45) is 3.58. The SMILES string of the molecule is Cc1cc(N(C)Cc2cnc(N(C)C)nc2)ccc1[N+](=O)[O-]. The van der Waals surface area contributed by atoms with Gasteiger partial charge in [-0.3, -0.25) is 10.1 Å². The van der Waals surface area contributed by atoms with Gasteiger partial charge in [0.05, 0.1) is 4.92 Å². The second-order valence-corrected chi connectivity index (χ2v) is 5.37. The van der Waals surface area contributed by atoms with Crippen molar-refractivity contribution < 1.29 is 4.92 Å². The van der Waals surface area contributed by atoms with Crippen LogP contribution < -0.4 is 9.80 Å². The maximum absolute atomic E-state index is 10.9. The lowest BCUT2D eigenvalue weighted by atomic mass is 10.1. The van der Waals surface area contributed by atoms with Gasteiger partial charge in [0.25, 0.3) is 5.69 Å². The molecule has 7 nitrogen and oxygen atoms in total. The first kappa shape index (κ1) is 15.7. The molecule has 0 fully saturated rings. The van der Waals surface area contributed by atoms with Crippen LogP contribution in [0.3, 0.4) is 0 Å². The maximum atomic E-state index is 10.9. The molecule has 0 saturated carbocycles. The predicted molar refractivity (Wildman–Crippen MR) is 86.3 cm³/mol. The topological polar surface area (TPSA) is 75.4 Å². The minimum Gasteiger partial charge on any atom is -0.370 e. The van der Waals surface area contributed by atoms with Crippen LogP contribution in [-0.2, 0) is 6.54 Å². The van der Waals surface area contributed by atoms with Gasteiger partial charge in [-0.2, -0.15) is 0 Å². The lowest BCUT2D eigenvalue weighted by Crippen LogP contribution is -2.18. The summed E-state index contributed by atoms with van der Waals surface area (Å²) in [6.45, 7) is 2.37. The molecular formula is C15H19N5O2. The molecule has 0 unspecified atom stereocenters. The molecule has 22 heavy (non-hydrogen) atoms. The average Bonchev–Trinajstić information content (AvgIpc) is 2.47. The summed E-state index contributed by atoms with van der Waals surface area (Å²) in [7, 11) is 5.71. The second kappa shape index (κ2) is 6.38. The van der Waals surface area contributed by atoms with Crippen molar-refractivity contribution in [1.82, 2.24) is 9.97 Å². The van der Waals surface area contributed by atoms with Crippen molar-refractivity contribution in [2.75, 3.05) is 30.9 Å². The summed E-state index contributed by atoms with van der Waals surface area (Å²) in [4.78, 5) is 22.9. The van der Waals surface area contributed by atoms with E-state index < -0.39 is 0 Å². The number of rotatable bonds is 5. The van der Waals surface area contributed by atoms with Crippen LogP contribution in [0.1, 0.15) is 11.1 Å². The largest absolute Gasteiger partial charge is 0.370 e. The standard InChI is InChI=1S/C15H19N5O2/c1-11-7-13(5-6-14(11)20(21)22)19(4)10-12-8-16-15(17-9-12)18(2)3/h5-9H,10H2,1-4H3. The second-order valence-electron chi connectivity index (χ2n) is 5.37. The number of nitro groups is 1. The first-order valence-electron chi connectivity index (χ1n) is 6.83. The van der Waals surface area contributed by atoms with E-state index in [1.165, 1.54) is 6.07 Å². The zero-order chi connectivity index (χ0) is 16.3. The molecule has 1 heterocycles. The number of hydrogen-bond acceptors (Lipinski definition) is 6. The van der Waals surface area contributed by atoms with Crippen molar-refractivity contribution in [2.24, 2.45) is 0 Å². The fourth-order valence-electron chi connectivity index (χ4n) is 2.11. The van der Waals surface area contributed by atoms with E-state index in [0.717, 1.165) is 11.3 Å². The predicted octanol–water partition coefficient (Wildman–Crippen LogP) is 2.40. The molecule has 0 aliphatic carbocycles. The van der Waals surface area contributed by atoms with Crippen molar-refractivity contribution in [3.63, 3.8) is 0 Å². The smallest absolute Gasteiger partial charge is 0.272 e. The quantitative estimate of drug-likeness (QED) is 0.623. The molecule has 116 valence electrons. The van der Waals surface area contributed by atoms with E-state index in [1.54, 1.807) is 25.4 Å². The first-order valence-corrected chi connectivity index (χ1v) is 6.83. The van der Waals surface area contributed by atoms with Gasteiger partial charge in [0.15, 0.2) is 0 Å². The Morgan fingerprint density at radius 2 is 1.82 bits per heavy atom. The molecule has 0 radical (unpaired) electrons. The van der Waals surface area contributed by atoms with Gasteiger partial charge < -0.3 is 9.80 Å². The van der Waals surface area contributed by atoms with Crippen LogP contribution in [0.4, 0.5) is 17.3 Å². The van der Waals surface area contributed by atoms with E-state index >= 15 is 0 Å². The van der Waals surface area contributed by atoms with E-state index in [2.05, 4.69) is 9.97 Å². The molecule has 0 bridgehead atoms. The van der Waals surface area contributed by atoms with Crippen LogP contribution in [0.5, 0.6) is 0 Å². The first-order chi connectivity index (χ1) is 10.4. The zero-order valence-electron chi connectivity index (χ0n) is 13.1. The molecule has 0 saturated heterocycles. The van der Waals surface area contributed by atoms with Crippen molar-refractivity contribution in [3.05, 3.63) is 51.8 Å². The maximum Gasteiger partial charge on any atom is 0.272 e. The van der Waals surface area contributed by atoms with Gasteiger partial charge in [0.2, 0.25) is 5.95 Å². The Kier molecular flexibility index (Phi) is 4.55. The molecule has 7 heteroatoms. The van der Waals surface area contributed by atoms with Crippen molar-refractivity contribution in [1.29, 1.82) is 0 Å². The van der Waals surface area contributed by atoms with Crippen LogP contribution in [0.25, 0.3) is 0 Å². The highest BCUT2D eigenvalue weighted by molar-refractivity contribution is 5.55. The number of aromatic nitrogens is 2. The van der Waals surface area contributed by atoms with Crippen LogP contribution in [0, 0.1) is 17.0 Å². The number of benzene rings is 1. The number of anilines is 2. The van der Waals surface area contributed by atoms with E-state index in [9.17, 15) is 10.1 Å². The van der Waals surface area contributed by atoms with Gasteiger partial charge in [-0.1, -0.05) is 0 Å². The Morgan fingerprint density at radius 3 is 2.32 bits per heavy atom. The lowest BCUT2D eigenvalue weighted by molar-refractivity contribution is -0.385. The molecule has 0 atom stereocenters. The summed E-state index contributed by atoms with van der Waals surface area (Å²) in [5, 5.41) is 10.9. The van der Waals surface area contributed by atoms with E-state index in [-0.39, 0.29) is 10.6 Å². The Morgan fingerprint density at radius 1 is 1.18 bits per heavy atom. The monoisotopic (exact) mass is 301 g/mol. The lowest BCUT2D eigenvalue weighted by Gasteiger charge is -2.20. The normalized spacial score (nSPS) is 10.4. The van der Waals surface area contributed by atoms with Gasteiger partial charge >= 0.3 is 0 Å². The Bertz CT molecular complexity index is 670. The highest BCUT2D eigenvalue weighted by Crippen LogP contribution is 2.24. The van der Waals surface area contributed by atoms with E-state index in [1.807, 2.05) is 37.0 Å². The van der Waals surface area contributed by atoms with Gasteiger partial charge in [-0.15, -0.1) is 0 Å². The summed E-state index contributed by atoms with van der Waals surface area (Å²) in [5.74, 6) is 0.664. The van der Waals surface area contributed by atoms with Crippen LogP contribution in [0.2, 0.25) is 0 Å². The van der Waals surface area contributed by atoms with Crippen LogP contribution >= 0.6 is 0 Å². The third kappa shape index (κ3) is 3.49. The highest BCUT2D eigenvalue weighted by Gasteiger charge is 2.12. The number of aryl methyl sites for hydroxylation is 1. The summed E-state index contributed by atoms with van der Waals surface area (Å²) < 4.78 is 0. The minimum atomic E-state index is -0.368. The van der Waals surface area contributed by atoms with Crippen molar-refractivity contribution >= 4 is 17.3 Å². The fourth-order valence-corrected chi connectivity index (χ4v) is 2.11. The summed E-state index contributed by atoms with van der Waals surface area (Å²) in [6, 6.07) is 5.10. The van der Waals surface area contributed by atoms with Gasteiger partial charge in [-0.05, 0) is 19.1 Å². The molecule has 0 N–H and O–H groups in total. The molecule has 0 aliphatic heterocycles.